The molecule has 9 atom stereocenters. The van der Waals surface area contributed by atoms with Crippen molar-refractivity contribution in [3.8, 4) is 0 Å². The van der Waals surface area contributed by atoms with E-state index in [4.69, 9.17) is 39.1 Å². The number of nitrogens with zero attached hydrogens (tertiary/aromatic N) is 4. The number of nitrogens with one attached hydrogen (secondary N) is 10. The van der Waals surface area contributed by atoms with Gasteiger partial charge in [-0.25, -0.2) is 14.6 Å². The molecule has 0 radical (unpaired) electrons. The number of anilines is 3. The predicted molar refractivity (Wildman–Crippen MR) is 534 cm³/mol. The third-order valence-electron chi connectivity index (χ3n) is 24.6. The summed E-state index contributed by atoms with van der Waals surface area (Å²) in [5, 5.41) is 59.0. The fourth-order valence-corrected chi connectivity index (χ4v) is 17.3. The molecule has 0 aliphatic carbocycles. The van der Waals surface area contributed by atoms with Crippen molar-refractivity contribution in [1.29, 1.82) is 0 Å². The van der Waals surface area contributed by atoms with E-state index in [2.05, 4.69) is 80.5 Å². The minimum atomic E-state index is -1.40. The fourth-order valence-electron chi connectivity index (χ4n) is 16.5. The molecule has 38 nitrogen and oxygen atoms in total. The summed E-state index contributed by atoms with van der Waals surface area (Å²) >= 11 is 1.25. The van der Waals surface area contributed by atoms with Crippen molar-refractivity contribution >= 4 is 117 Å². The number of β-amino-alcohol motifs (C(OH)–C–C–N with tert-alkyl or cyclic N) is 1. The maximum atomic E-state index is 15.2. The molecule has 5 aromatic rings. The highest BCUT2D eigenvalue weighted by molar-refractivity contribution is 7.09. The van der Waals surface area contributed by atoms with Crippen LogP contribution in [0.15, 0.2) is 109 Å². The summed E-state index contributed by atoms with van der Waals surface area (Å²) in [7, 11) is 0. The van der Waals surface area contributed by atoms with E-state index in [0.717, 1.165) is 66.5 Å². The number of primary amides is 1. The number of aromatic nitrogens is 1. The summed E-state index contributed by atoms with van der Waals surface area (Å²) in [5.41, 5.74) is 10.6. The molecule has 0 saturated carbocycles. The van der Waals surface area contributed by atoms with Crippen molar-refractivity contribution in [2.45, 2.75) is 253 Å². The first-order valence-electron chi connectivity index (χ1n) is 49.2. The zero-order valence-corrected chi connectivity index (χ0v) is 84.1. The average molecular weight is 1990 g/mol. The predicted octanol–water partition coefficient (Wildman–Crippen LogP) is 9.65. The maximum absolute atomic E-state index is 15.2. The summed E-state index contributed by atoms with van der Waals surface area (Å²) in [6.07, 6.45) is 5.45. The van der Waals surface area contributed by atoms with Gasteiger partial charge >= 0.3 is 24.1 Å². The highest BCUT2D eigenvalue weighted by Gasteiger charge is 2.41. The molecule has 13 amide bonds. The summed E-state index contributed by atoms with van der Waals surface area (Å²) in [5.74, 6) is -8.17. The Balaban J connectivity index is 0.819. The quantitative estimate of drug-likeness (QED) is 0.0161. The van der Waals surface area contributed by atoms with Gasteiger partial charge in [0.2, 0.25) is 53.2 Å². The van der Waals surface area contributed by atoms with Gasteiger partial charge in [-0.15, -0.1) is 11.3 Å². The highest BCUT2D eigenvalue weighted by Crippen LogP contribution is 2.36. The number of aliphatic carboxylic acids is 2. The van der Waals surface area contributed by atoms with Crippen molar-refractivity contribution in [1.82, 2.24) is 57.3 Å². The number of amides is 13. The zero-order chi connectivity index (χ0) is 103. The largest absolute Gasteiger partial charge is 0.481 e. The number of carbonyl (C=O) groups excluding carboxylic acids is 12. The lowest BCUT2D eigenvalue weighted by molar-refractivity contribution is -0.147. The number of para-hydroxylation sites is 1. The number of fused-ring (bicyclic) bond motifs is 2. The molecule has 1 aromatic heterocycles. The summed E-state index contributed by atoms with van der Waals surface area (Å²) in [6.45, 7) is 25.8. The minimum absolute atomic E-state index is 0.0105. The van der Waals surface area contributed by atoms with E-state index in [1.807, 2.05) is 79.1 Å². The molecule has 0 unspecified atom stereocenters. The van der Waals surface area contributed by atoms with Crippen LogP contribution < -0.4 is 63.8 Å². The van der Waals surface area contributed by atoms with Crippen LogP contribution in [0.2, 0.25) is 0 Å². The minimum Gasteiger partial charge on any atom is -0.481 e. The molecule has 2 aliphatic rings. The Hall–Kier alpha value is -11.9. The molecule has 15 N–H and O–H groups in total. The van der Waals surface area contributed by atoms with E-state index >= 15 is 4.79 Å². The molecular formula is C102H149N15O23S. The number of nitrogens with two attached hydrogens (primary N) is 1. The number of carbonyl (C=O) groups is 14. The van der Waals surface area contributed by atoms with Gasteiger partial charge < -0.3 is 112 Å². The summed E-state index contributed by atoms with van der Waals surface area (Å²) in [6, 6.07) is 21.3. The van der Waals surface area contributed by atoms with Gasteiger partial charge in [0, 0.05) is 99.3 Å². The van der Waals surface area contributed by atoms with Gasteiger partial charge in [0.15, 0.2) is 0 Å². The normalized spacial score (nSPS) is 14.9. The van der Waals surface area contributed by atoms with Crippen LogP contribution in [0.5, 0.6) is 0 Å². The molecule has 4 aromatic carbocycles. The number of allylic oxidation sites excluding steroid dienone is 1. The molecule has 0 bridgehead atoms. The topological polar surface area (TPSA) is 524 Å². The number of aliphatic hydroxyl groups is 1. The van der Waals surface area contributed by atoms with E-state index in [1.54, 1.807) is 74.4 Å². The van der Waals surface area contributed by atoms with Crippen molar-refractivity contribution in [2.75, 3.05) is 121 Å². The van der Waals surface area contributed by atoms with Crippen molar-refractivity contribution < 1.29 is 111 Å². The van der Waals surface area contributed by atoms with Crippen LogP contribution in [-0.2, 0) is 107 Å². The smallest absolute Gasteiger partial charge is 0.407 e. The highest BCUT2D eigenvalue weighted by atomic mass is 32.1. The first kappa shape index (κ1) is 116. The number of urea groups is 1. The lowest BCUT2D eigenvalue weighted by atomic mass is 9.84. The molecule has 3 heterocycles. The Kier molecular flexibility index (Phi) is 50.9. The second-order valence-electron chi connectivity index (χ2n) is 36.8. The number of carboxylic acids is 2. The Morgan fingerprint density at radius 3 is 1.93 bits per heavy atom. The third kappa shape index (κ3) is 40.6. The number of rotatable bonds is 64. The molecule has 1 saturated heterocycles. The monoisotopic (exact) mass is 1980 g/mol. The summed E-state index contributed by atoms with van der Waals surface area (Å²) in [4.78, 5) is 198. The maximum Gasteiger partial charge on any atom is 0.407 e. The van der Waals surface area contributed by atoms with Crippen LogP contribution in [-0.4, -0.2) is 261 Å². The second kappa shape index (κ2) is 61.8. The molecule has 1 fully saturated rings. The van der Waals surface area contributed by atoms with Gasteiger partial charge in [0.1, 0.15) is 54.1 Å². The van der Waals surface area contributed by atoms with Crippen molar-refractivity contribution in [2.24, 2.45) is 28.9 Å². The number of piperidine rings is 1. The first-order valence-corrected chi connectivity index (χ1v) is 50.0. The van der Waals surface area contributed by atoms with Gasteiger partial charge in [-0.3, -0.25) is 62.4 Å². The van der Waals surface area contributed by atoms with E-state index in [-0.39, 0.29) is 183 Å². The van der Waals surface area contributed by atoms with Crippen LogP contribution in [0.3, 0.4) is 0 Å². The zero-order valence-electron chi connectivity index (χ0n) is 83.3. The van der Waals surface area contributed by atoms with Gasteiger partial charge in [-0.2, -0.15) is 0 Å². The number of carboxylic acid groups (broad SMARTS) is 2. The molecular weight excluding hydrogens is 1840 g/mol. The van der Waals surface area contributed by atoms with E-state index in [1.165, 1.54) is 23.5 Å². The van der Waals surface area contributed by atoms with Gasteiger partial charge in [0.25, 0.3) is 5.91 Å². The van der Waals surface area contributed by atoms with Crippen LogP contribution in [0.25, 0.3) is 5.57 Å². The van der Waals surface area contributed by atoms with E-state index in [9.17, 15) is 77.6 Å². The number of benzene rings is 4. The van der Waals surface area contributed by atoms with Gasteiger partial charge in [-0.05, 0) is 161 Å². The molecule has 141 heavy (non-hydrogen) atoms. The Morgan fingerprint density at radius 1 is 0.631 bits per heavy atom. The van der Waals surface area contributed by atoms with Gasteiger partial charge in [-0.1, -0.05) is 154 Å². The van der Waals surface area contributed by atoms with E-state index < -0.39 is 126 Å². The molecule has 776 valence electrons. The average Bonchev–Trinajstić information content (AvgIpc) is 1.07. The van der Waals surface area contributed by atoms with Crippen molar-refractivity contribution in [3.05, 3.63) is 148 Å². The SMILES string of the molecule is C=C1Cc2ccccc2CN(C(=O)CCC(=O)NCCOCCOCCOCCOCCC(=O)N[C@@H](CCC(=O)O)C(=O)N[C@H](C(=O)N[C@@H](CCCNC(N)=O)C(=O)Nc2ccc(COC(=O)NCC(=O)Nc3ccc(C[C@@H](CC(C)(C)C(=O)O)NC(=O)c4csc([C@@H](C[C@H](C(C)C)N(CCCCCC)C(=O)[C@@H](NC(=O)[C@H]5CCCCN5CCO)[C@@H](C)CC)OCC)n4)cc3)cc2)C(C)C)c2ccccc21. The molecule has 39 heteroatoms. The van der Waals surface area contributed by atoms with E-state index in [0.29, 0.717) is 80.3 Å². The van der Waals surface area contributed by atoms with Gasteiger partial charge in [0.05, 0.1) is 83.2 Å². The number of unbranched alkanes of at least 4 members (excludes halogenated alkanes) is 3. The fraction of sp³-hybridized carbons (Fsp3) is 0.578. The Bertz CT molecular complexity index is 4860. The number of aliphatic hydroxyl groups excluding tert-OH is 1. The van der Waals surface area contributed by atoms with Crippen LogP contribution in [0.4, 0.5) is 26.7 Å². The van der Waals surface area contributed by atoms with Crippen molar-refractivity contribution in [3.63, 3.8) is 0 Å². The van der Waals surface area contributed by atoms with Crippen LogP contribution in [0, 0.1) is 23.2 Å². The standard InChI is InChI=1S/C102H149N15O23S/c1-12-15-16-22-47-116(98(130)91(68(8)13-2)114-95(128)82-30-21-23-46-115(82)48-49-118)83(66(4)5)60-84(139-14-3)97-112-80(65-141-97)94(127)109-76(61-102(10,11)99(131)132)59-70-31-35-74(36-32-70)107-87(121)62-106-101(134)140-64-71-33-37-75(38-34-71)108-92(125)78(28-24-44-105-100(103)133)111-96(129)90(67(6)7)113-93(126)79(39-42-89(123)124)110-86(120)43-50-135-52-54-137-56-57-138-55-53-136-51-45-104-85(119)40-41-88(122)117-63-73-26-18-17-25-72(73)58-69(9)77-27-19-20-29-81(77)117/h17-20,25-27,29,31-38,65-68,76,78-79,82-84,90-91,118H,9,12-16,21-24,28,30,39-64H2,1-8,10-11H3,(H,104,119)(H,106,134)(H,107,121)(H,108,125)(H,109,127)(H,110,120)(H,111,129)(H,113,126)(H,114,128)(H,123,124)(H,131,132)(H3,103,105,133)/t68-,76-,78-,79-,82+,83+,84+,90-,91-/m0/s1. The second-order valence-corrected chi connectivity index (χ2v) is 37.7. The lowest BCUT2D eigenvalue weighted by Gasteiger charge is -2.40. The van der Waals surface area contributed by atoms with Crippen LogP contribution >= 0.6 is 11.3 Å². The number of hydrogen-bond donors (Lipinski definition) is 14. The molecule has 2 aliphatic heterocycles. The number of hydrogen-bond acceptors (Lipinski definition) is 24. The number of ether oxygens (including phenoxy) is 6. The Labute approximate surface area is 831 Å². The van der Waals surface area contributed by atoms with Crippen LogP contribution in [0.1, 0.15) is 228 Å². The first-order chi connectivity index (χ1) is 67.5. The molecule has 7 rings (SSSR count). The summed E-state index contributed by atoms with van der Waals surface area (Å²) < 4.78 is 34.1. The number of likely N-dealkylation sites (tertiary alicyclic amines) is 1. The molecule has 0 spiro atoms. The third-order valence-corrected chi connectivity index (χ3v) is 25.6. The Morgan fingerprint density at radius 2 is 1.28 bits per heavy atom. The number of thiazole rings is 1. The number of alkyl carbamates (subject to hydrolysis) is 1. The lowest BCUT2D eigenvalue weighted by Crippen LogP contribution is -2.59.